The minimum absolute atomic E-state index is 0.887. The summed E-state index contributed by atoms with van der Waals surface area (Å²) in [6.07, 6.45) is 0. The molecule has 0 saturated carbocycles. The van der Waals surface area contributed by atoms with E-state index in [2.05, 4.69) is 169 Å². The maximum atomic E-state index is 5.29. The van der Waals surface area contributed by atoms with Crippen LogP contribution in [-0.2, 0) is 0 Å². The number of fused-ring (bicyclic) bond motifs is 4. The van der Waals surface area contributed by atoms with E-state index in [1.165, 1.54) is 10.8 Å². The number of aromatic nitrogens is 2. The fourth-order valence-electron chi connectivity index (χ4n) is 6.83. The lowest BCUT2D eigenvalue weighted by molar-refractivity contribution is 1.30. The summed E-state index contributed by atoms with van der Waals surface area (Å²) < 4.78 is 0. The smallest absolute Gasteiger partial charge is 0.0973 e. The Morgan fingerprint density at radius 1 is 0.347 bits per heavy atom. The summed E-state index contributed by atoms with van der Waals surface area (Å²) >= 11 is 0. The highest BCUT2D eigenvalue weighted by atomic mass is 15.1. The molecule has 0 aliphatic rings. The van der Waals surface area contributed by atoms with Crippen LogP contribution in [0.5, 0.6) is 0 Å². The quantitative estimate of drug-likeness (QED) is 0.172. The molecule has 0 spiro atoms. The van der Waals surface area contributed by atoms with Crippen molar-refractivity contribution in [2.75, 3.05) is 4.90 Å². The minimum Gasteiger partial charge on any atom is -0.310 e. The van der Waals surface area contributed by atoms with E-state index in [4.69, 9.17) is 9.97 Å². The van der Waals surface area contributed by atoms with Crippen LogP contribution in [-0.4, -0.2) is 9.97 Å². The zero-order valence-corrected chi connectivity index (χ0v) is 26.7. The van der Waals surface area contributed by atoms with Crippen molar-refractivity contribution in [3.8, 4) is 33.6 Å². The molecule has 0 aliphatic heterocycles. The molecule has 8 aromatic carbocycles. The van der Waals surface area contributed by atoms with E-state index in [1.807, 2.05) is 24.3 Å². The molecule has 1 aromatic heterocycles. The van der Waals surface area contributed by atoms with Crippen LogP contribution in [0.3, 0.4) is 0 Å². The topological polar surface area (TPSA) is 29.0 Å². The van der Waals surface area contributed by atoms with E-state index < -0.39 is 0 Å². The molecule has 3 heteroatoms. The second-order valence-corrected chi connectivity index (χ2v) is 12.2. The lowest BCUT2D eigenvalue weighted by atomic mass is 9.99. The van der Waals surface area contributed by atoms with Crippen molar-refractivity contribution >= 4 is 49.6 Å². The third-order valence-electron chi connectivity index (χ3n) is 9.23. The number of para-hydroxylation sites is 1. The Hall–Kier alpha value is -6.58. The van der Waals surface area contributed by atoms with Gasteiger partial charge in [-0.2, -0.15) is 0 Å². The molecule has 9 aromatic rings. The van der Waals surface area contributed by atoms with Crippen molar-refractivity contribution < 1.29 is 0 Å². The number of hydrogen-bond acceptors (Lipinski definition) is 3. The summed E-state index contributed by atoms with van der Waals surface area (Å²) in [6.45, 7) is 0. The van der Waals surface area contributed by atoms with Gasteiger partial charge in [0, 0.05) is 33.3 Å². The van der Waals surface area contributed by atoms with Gasteiger partial charge in [0.15, 0.2) is 0 Å². The van der Waals surface area contributed by atoms with Gasteiger partial charge in [0.05, 0.1) is 28.1 Å². The Labute approximate surface area is 285 Å². The van der Waals surface area contributed by atoms with Gasteiger partial charge in [-0.15, -0.1) is 0 Å². The fourth-order valence-corrected chi connectivity index (χ4v) is 6.83. The van der Waals surface area contributed by atoms with E-state index in [0.29, 0.717) is 0 Å². The molecule has 230 valence electrons. The van der Waals surface area contributed by atoms with Gasteiger partial charge in [-0.3, -0.25) is 0 Å². The minimum atomic E-state index is 0.887. The summed E-state index contributed by atoms with van der Waals surface area (Å²) in [5.74, 6) is 0. The van der Waals surface area contributed by atoms with Gasteiger partial charge in [0.25, 0.3) is 0 Å². The van der Waals surface area contributed by atoms with E-state index >= 15 is 0 Å². The van der Waals surface area contributed by atoms with Crippen LogP contribution in [0.25, 0.3) is 66.2 Å². The average Bonchev–Trinajstić information content (AvgIpc) is 3.19. The van der Waals surface area contributed by atoms with Crippen LogP contribution in [0.2, 0.25) is 0 Å². The Kier molecular flexibility index (Phi) is 7.14. The molecule has 0 fully saturated rings. The Morgan fingerprint density at radius 3 is 1.67 bits per heavy atom. The molecule has 1 heterocycles. The van der Waals surface area contributed by atoms with Gasteiger partial charge in [0.1, 0.15) is 0 Å². The van der Waals surface area contributed by atoms with Gasteiger partial charge in [-0.1, -0.05) is 146 Å². The first-order valence-corrected chi connectivity index (χ1v) is 16.6. The maximum Gasteiger partial charge on any atom is 0.0973 e. The number of anilines is 3. The zero-order valence-electron chi connectivity index (χ0n) is 26.7. The van der Waals surface area contributed by atoms with Gasteiger partial charge in [-0.05, 0) is 64.4 Å². The highest BCUT2D eigenvalue weighted by Crippen LogP contribution is 2.40. The first-order chi connectivity index (χ1) is 24.3. The van der Waals surface area contributed by atoms with E-state index in [-0.39, 0.29) is 0 Å². The number of hydrogen-bond donors (Lipinski definition) is 0. The molecule has 0 bridgehead atoms. The van der Waals surface area contributed by atoms with Crippen LogP contribution in [0.4, 0.5) is 17.1 Å². The van der Waals surface area contributed by atoms with Crippen LogP contribution in [0.1, 0.15) is 0 Å². The van der Waals surface area contributed by atoms with Crippen LogP contribution in [0.15, 0.2) is 188 Å². The van der Waals surface area contributed by atoms with Crippen molar-refractivity contribution in [2.45, 2.75) is 0 Å². The third kappa shape index (κ3) is 5.28. The van der Waals surface area contributed by atoms with E-state index in [0.717, 1.165) is 72.5 Å². The van der Waals surface area contributed by atoms with Crippen molar-refractivity contribution in [2.24, 2.45) is 0 Å². The zero-order chi connectivity index (χ0) is 32.6. The lowest BCUT2D eigenvalue weighted by Gasteiger charge is -2.27. The normalized spacial score (nSPS) is 11.3. The summed E-state index contributed by atoms with van der Waals surface area (Å²) in [5, 5.41) is 4.66. The summed E-state index contributed by atoms with van der Waals surface area (Å²) in [4.78, 5) is 12.8. The summed E-state index contributed by atoms with van der Waals surface area (Å²) in [7, 11) is 0. The summed E-state index contributed by atoms with van der Waals surface area (Å²) in [5.41, 5.74) is 11.4. The van der Waals surface area contributed by atoms with Gasteiger partial charge >= 0.3 is 0 Å². The second-order valence-electron chi connectivity index (χ2n) is 12.2. The Bertz CT molecular complexity index is 2580. The first-order valence-electron chi connectivity index (χ1n) is 16.6. The van der Waals surface area contributed by atoms with E-state index in [9.17, 15) is 0 Å². The van der Waals surface area contributed by atoms with Crippen molar-refractivity contribution in [1.29, 1.82) is 0 Å². The number of nitrogens with zero attached hydrogens (tertiary/aromatic N) is 3. The number of rotatable bonds is 6. The monoisotopic (exact) mass is 625 g/mol. The van der Waals surface area contributed by atoms with Crippen molar-refractivity contribution in [3.05, 3.63) is 188 Å². The molecule has 3 nitrogen and oxygen atoms in total. The fraction of sp³-hybridized carbons (Fsp3) is 0. The van der Waals surface area contributed by atoms with Crippen LogP contribution >= 0.6 is 0 Å². The van der Waals surface area contributed by atoms with Gasteiger partial charge < -0.3 is 4.90 Å². The average molecular weight is 626 g/mol. The molecule has 9 rings (SSSR count). The molecule has 0 radical (unpaired) electrons. The van der Waals surface area contributed by atoms with Crippen molar-refractivity contribution in [1.82, 2.24) is 9.97 Å². The third-order valence-corrected chi connectivity index (χ3v) is 9.23. The van der Waals surface area contributed by atoms with Crippen LogP contribution < -0.4 is 4.90 Å². The molecular formula is C46H31N3. The number of benzene rings is 8. The Morgan fingerprint density at radius 2 is 0.939 bits per heavy atom. The van der Waals surface area contributed by atoms with Gasteiger partial charge in [0.2, 0.25) is 0 Å². The molecule has 49 heavy (non-hydrogen) atoms. The predicted molar refractivity (Wildman–Crippen MR) is 206 cm³/mol. The molecular weight excluding hydrogens is 595 g/mol. The molecule has 0 unspecified atom stereocenters. The van der Waals surface area contributed by atoms with E-state index in [1.54, 1.807) is 0 Å². The predicted octanol–water partition coefficient (Wildman–Crippen LogP) is 12.4. The molecule has 0 saturated heterocycles. The Balaban J connectivity index is 1.12. The largest absolute Gasteiger partial charge is 0.310 e. The van der Waals surface area contributed by atoms with Gasteiger partial charge in [-0.25, -0.2) is 9.97 Å². The van der Waals surface area contributed by atoms with Crippen LogP contribution in [0, 0.1) is 0 Å². The molecule has 0 atom stereocenters. The van der Waals surface area contributed by atoms with Crippen molar-refractivity contribution in [3.63, 3.8) is 0 Å². The highest BCUT2D eigenvalue weighted by molar-refractivity contribution is 6.06. The molecule has 0 aliphatic carbocycles. The molecule has 0 N–H and O–H groups in total. The maximum absolute atomic E-state index is 5.29. The summed E-state index contributed by atoms with van der Waals surface area (Å²) in [6, 6.07) is 66.1. The first kappa shape index (κ1) is 28.6. The SMILES string of the molecule is c1ccc(-c2nc3ccc4cc(-c5ccc(N(c6ccccc6)c6cccc7ccccc67)cc5)ccc4c3nc2-c2ccccc2)cc1. The molecule has 0 amide bonds. The standard InChI is InChI=1S/C46H31N3/c1-4-14-34(15-5-1)44-45(35-16-6-2-7-17-35)48-46-41-29-25-36(31-37(41)26-30-42(46)47-44)32-23-27-39(28-24-32)49(38-19-8-3-9-20-38)43-22-12-18-33-13-10-11-21-40(33)43/h1-31H. The highest BCUT2D eigenvalue weighted by Gasteiger charge is 2.17. The lowest BCUT2D eigenvalue weighted by Crippen LogP contribution is -2.10. The second kappa shape index (κ2) is 12.2.